The van der Waals surface area contributed by atoms with Crippen molar-refractivity contribution in [2.75, 3.05) is 27.3 Å². The first-order chi connectivity index (χ1) is 10.4. The van der Waals surface area contributed by atoms with Gasteiger partial charge < -0.3 is 14.8 Å². The van der Waals surface area contributed by atoms with Gasteiger partial charge in [-0.3, -0.25) is 0 Å². The Morgan fingerprint density at radius 1 is 1.27 bits per heavy atom. The number of ether oxygens (including phenoxy) is 2. The van der Waals surface area contributed by atoms with E-state index < -0.39 is 20.7 Å². The minimum absolute atomic E-state index is 0.131. The van der Waals surface area contributed by atoms with Crippen LogP contribution in [0.3, 0.4) is 0 Å². The smallest absolute Gasteiger partial charge is 0.243 e. The summed E-state index contributed by atoms with van der Waals surface area (Å²) in [6, 6.07) is 1.93. The number of piperidine rings is 1. The van der Waals surface area contributed by atoms with Crippen LogP contribution in [0.2, 0.25) is 0 Å². The molecule has 0 saturated carbocycles. The third-order valence-corrected chi connectivity index (χ3v) is 5.32. The number of sulfonamides is 1. The number of rotatable bonds is 5. The highest BCUT2D eigenvalue weighted by Crippen LogP contribution is 2.32. The van der Waals surface area contributed by atoms with Crippen LogP contribution >= 0.6 is 0 Å². The number of benzene rings is 1. The summed E-state index contributed by atoms with van der Waals surface area (Å²) in [6.07, 6.45) is 0.662. The summed E-state index contributed by atoms with van der Waals surface area (Å²) in [5, 5.41) is 3.19. The molecule has 1 aliphatic heterocycles. The lowest BCUT2D eigenvalue weighted by Gasteiger charge is -2.30. The zero-order chi connectivity index (χ0) is 16.3. The SMILES string of the molecule is COc1cc(F)c(S(=O)(=O)NC2CCNCC2C)cc1OC. The molecule has 1 fully saturated rings. The molecule has 2 rings (SSSR count). The first-order valence-electron chi connectivity index (χ1n) is 7.03. The molecule has 0 amide bonds. The highest BCUT2D eigenvalue weighted by atomic mass is 32.2. The fourth-order valence-corrected chi connectivity index (χ4v) is 3.95. The Labute approximate surface area is 130 Å². The molecule has 22 heavy (non-hydrogen) atoms. The van der Waals surface area contributed by atoms with Crippen molar-refractivity contribution in [2.24, 2.45) is 5.92 Å². The average molecular weight is 332 g/mol. The monoisotopic (exact) mass is 332 g/mol. The molecule has 0 aromatic heterocycles. The molecule has 1 aromatic rings. The van der Waals surface area contributed by atoms with Crippen molar-refractivity contribution in [3.05, 3.63) is 17.9 Å². The first-order valence-corrected chi connectivity index (χ1v) is 8.52. The maximum atomic E-state index is 14.1. The van der Waals surface area contributed by atoms with E-state index in [9.17, 15) is 12.8 Å². The van der Waals surface area contributed by atoms with Gasteiger partial charge in [-0.15, -0.1) is 0 Å². The Hall–Kier alpha value is -1.38. The van der Waals surface area contributed by atoms with Crippen molar-refractivity contribution >= 4 is 10.0 Å². The van der Waals surface area contributed by atoms with Crippen molar-refractivity contribution < 1.29 is 22.3 Å². The third-order valence-electron chi connectivity index (χ3n) is 3.82. The normalized spacial score (nSPS) is 22.4. The first kappa shape index (κ1) is 17.0. The topological polar surface area (TPSA) is 76.7 Å². The maximum Gasteiger partial charge on any atom is 0.243 e. The Morgan fingerprint density at radius 3 is 2.50 bits per heavy atom. The molecular formula is C14H21FN2O4S. The summed E-state index contributed by atoms with van der Waals surface area (Å²) in [7, 11) is -1.24. The molecule has 8 heteroatoms. The standard InChI is InChI=1S/C14H21FN2O4S/c1-9-8-16-5-4-11(9)17-22(18,19)14-7-13(21-3)12(20-2)6-10(14)15/h6-7,9,11,16-17H,4-5,8H2,1-3H3. The molecule has 1 aliphatic rings. The van der Waals surface area contributed by atoms with Gasteiger partial charge in [0.2, 0.25) is 10.0 Å². The van der Waals surface area contributed by atoms with E-state index in [0.717, 1.165) is 25.2 Å². The Balaban J connectivity index is 2.32. The predicted molar refractivity (Wildman–Crippen MR) is 80.3 cm³/mol. The van der Waals surface area contributed by atoms with Gasteiger partial charge in [0.05, 0.1) is 14.2 Å². The maximum absolute atomic E-state index is 14.1. The summed E-state index contributed by atoms with van der Waals surface area (Å²) in [5.74, 6) is -0.421. The summed E-state index contributed by atoms with van der Waals surface area (Å²) >= 11 is 0. The number of hydrogen-bond acceptors (Lipinski definition) is 5. The molecule has 2 N–H and O–H groups in total. The number of methoxy groups -OCH3 is 2. The van der Waals surface area contributed by atoms with Gasteiger partial charge in [-0.05, 0) is 25.4 Å². The van der Waals surface area contributed by atoms with Crippen LogP contribution in [0.1, 0.15) is 13.3 Å². The number of halogens is 1. The molecule has 1 saturated heterocycles. The van der Waals surface area contributed by atoms with Gasteiger partial charge in [0.15, 0.2) is 11.5 Å². The van der Waals surface area contributed by atoms with E-state index in [1.807, 2.05) is 6.92 Å². The molecular weight excluding hydrogens is 311 g/mol. The van der Waals surface area contributed by atoms with E-state index in [1.54, 1.807) is 0 Å². The lowest BCUT2D eigenvalue weighted by Crippen LogP contribution is -2.48. The van der Waals surface area contributed by atoms with E-state index >= 15 is 0 Å². The van der Waals surface area contributed by atoms with E-state index in [-0.39, 0.29) is 23.5 Å². The second kappa shape index (κ2) is 6.80. The van der Waals surface area contributed by atoms with Crippen LogP contribution in [-0.4, -0.2) is 41.8 Å². The number of nitrogens with one attached hydrogen (secondary N) is 2. The Bertz CT molecular complexity index is 636. The average Bonchev–Trinajstić information content (AvgIpc) is 2.48. The van der Waals surface area contributed by atoms with Gasteiger partial charge in [0.25, 0.3) is 0 Å². The predicted octanol–water partition coefficient (Wildman–Crippen LogP) is 1.12. The van der Waals surface area contributed by atoms with Crippen molar-refractivity contribution in [3.63, 3.8) is 0 Å². The summed E-state index contributed by atoms with van der Waals surface area (Å²) in [4.78, 5) is -0.434. The Kier molecular flexibility index (Phi) is 5.25. The fraction of sp³-hybridized carbons (Fsp3) is 0.571. The molecule has 0 spiro atoms. The lowest BCUT2D eigenvalue weighted by molar-refractivity contribution is 0.327. The van der Waals surface area contributed by atoms with Crippen LogP contribution < -0.4 is 19.5 Å². The van der Waals surface area contributed by atoms with Gasteiger partial charge >= 0.3 is 0 Å². The van der Waals surface area contributed by atoms with E-state index in [1.165, 1.54) is 14.2 Å². The quantitative estimate of drug-likeness (QED) is 0.845. The molecule has 0 bridgehead atoms. The fourth-order valence-electron chi connectivity index (χ4n) is 2.49. The van der Waals surface area contributed by atoms with Gasteiger partial charge in [-0.25, -0.2) is 17.5 Å². The summed E-state index contributed by atoms with van der Waals surface area (Å²) in [5.41, 5.74) is 0. The zero-order valence-corrected chi connectivity index (χ0v) is 13.7. The molecule has 0 aliphatic carbocycles. The lowest BCUT2D eigenvalue weighted by atomic mass is 9.97. The van der Waals surface area contributed by atoms with Gasteiger partial charge in [-0.1, -0.05) is 6.92 Å². The molecule has 124 valence electrons. The van der Waals surface area contributed by atoms with Crippen LogP contribution in [-0.2, 0) is 10.0 Å². The van der Waals surface area contributed by atoms with Crippen LogP contribution in [0.4, 0.5) is 4.39 Å². The molecule has 2 atom stereocenters. The van der Waals surface area contributed by atoms with E-state index in [0.29, 0.717) is 6.42 Å². The molecule has 1 heterocycles. The third kappa shape index (κ3) is 3.50. The Morgan fingerprint density at radius 2 is 1.91 bits per heavy atom. The van der Waals surface area contributed by atoms with Gasteiger partial charge in [-0.2, -0.15) is 0 Å². The zero-order valence-electron chi connectivity index (χ0n) is 12.8. The second-order valence-corrected chi connectivity index (χ2v) is 7.02. The van der Waals surface area contributed by atoms with Gasteiger partial charge in [0.1, 0.15) is 10.7 Å². The number of hydrogen-bond donors (Lipinski definition) is 2. The second-order valence-electron chi connectivity index (χ2n) is 5.34. The van der Waals surface area contributed by atoms with E-state index in [4.69, 9.17) is 9.47 Å². The molecule has 2 unspecified atom stereocenters. The van der Waals surface area contributed by atoms with Crippen LogP contribution in [0.25, 0.3) is 0 Å². The largest absolute Gasteiger partial charge is 0.493 e. The molecule has 0 radical (unpaired) electrons. The minimum Gasteiger partial charge on any atom is -0.493 e. The summed E-state index contributed by atoms with van der Waals surface area (Å²) in [6.45, 7) is 3.40. The van der Waals surface area contributed by atoms with E-state index in [2.05, 4.69) is 10.0 Å². The van der Waals surface area contributed by atoms with Crippen molar-refractivity contribution in [1.29, 1.82) is 0 Å². The highest BCUT2D eigenvalue weighted by molar-refractivity contribution is 7.89. The summed E-state index contributed by atoms with van der Waals surface area (Å²) < 4.78 is 51.7. The minimum atomic E-state index is -3.97. The van der Waals surface area contributed by atoms with Crippen molar-refractivity contribution in [1.82, 2.24) is 10.0 Å². The molecule has 6 nitrogen and oxygen atoms in total. The van der Waals surface area contributed by atoms with Gasteiger partial charge in [0, 0.05) is 18.2 Å². The molecule has 1 aromatic carbocycles. The van der Waals surface area contributed by atoms with Crippen LogP contribution in [0.15, 0.2) is 17.0 Å². The van der Waals surface area contributed by atoms with Crippen molar-refractivity contribution in [3.8, 4) is 11.5 Å². The highest BCUT2D eigenvalue weighted by Gasteiger charge is 2.29. The van der Waals surface area contributed by atoms with Crippen LogP contribution in [0.5, 0.6) is 11.5 Å². The van der Waals surface area contributed by atoms with Crippen molar-refractivity contribution in [2.45, 2.75) is 24.3 Å². The van der Waals surface area contributed by atoms with Crippen LogP contribution in [0, 0.1) is 11.7 Å².